The van der Waals surface area contributed by atoms with Crippen LogP contribution in [0.2, 0.25) is 0 Å². The molecule has 1 rings (SSSR count). The summed E-state index contributed by atoms with van der Waals surface area (Å²) < 4.78 is 0. The van der Waals surface area contributed by atoms with E-state index >= 15 is 0 Å². The molecule has 0 atom stereocenters. The van der Waals surface area contributed by atoms with Crippen LogP contribution in [0, 0.1) is 0 Å². The maximum absolute atomic E-state index is 10.5. The van der Waals surface area contributed by atoms with Crippen molar-refractivity contribution in [2.24, 2.45) is 0 Å². The fourth-order valence-electron chi connectivity index (χ4n) is 1.26. The Morgan fingerprint density at radius 3 is 2.38 bits per heavy atom. The van der Waals surface area contributed by atoms with Crippen LogP contribution in [0.5, 0.6) is 0 Å². The van der Waals surface area contributed by atoms with Crippen LogP contribution in [0.3, 0.4) is 0 Å². The van der Waals surface area contributed by atoms with E-state index in [0.717, 1.165) is 5.56 Å². The van der Waals surface area contributed by atoms with Crippen molar-refractivity contribution in [1.82, 2.24) is 5.73 Å². The van der Waals surface area contributed by atoms with Gasteiger partial charge in [-0.15, -0.1) is 5.73 Å². The zero-order chi connectivity index (χ0) is 10.1. The largest absolute Gasteiger partial charge is 0.298 e. The Morgan fingerprint density at radius 1 is 1.31 bits per heavy atom. The molecule has 0 heterocycles. The quantitative estimate of drug-likeness (QED) is 0.604. The summed E-state index contributed by atoms with van der Waals surface area (Å²) in [5, 5.41) is 0. The van der Waals surface area contributed by atoms with E-state index in [2.05, 4.69) is 0 Å². The second-order valence-corrected chi connectivity index (χ2v) is 4.11. The lowest BCUT2D eigenvalue weighted by Crippen LogP contribution is -2.12. The third-order valence-electron chi connectivity index (χ3n) is 2.00. The first-order chi connectivity index (χ1) is 5.96. The van der Waals surface area contributed by atoms with Gasteiger partial charge in [-0.05, 0) is 17.0 Å². The van der Waals surface area contributed by atoms with Gasteiger partial charge >= 0.3 is 0 Å². The fourth-order valence-corrected chi connectivity index (χ4v) is 1.26. The minimum absolute atomic E-state index is 0.102. The molecule has 0 fully saturated rings. The van der Waals surface area contributed by atoms with Gasteiger partial charge in [-0.2, -0.15) is 0 Å². The van der Waals surface area contributed by atoms with E-state index in [1.54, 1.807) is 12.1 Å². The summed E-state index contributed by atoms with van der Waals surface area (Å²) in [7, 11) is 0. The third kappa shape index (κ3) is 1.89. The first-order valence-electron chi connectivity index (χ1n) is 4.24. The van der Waals surface area contributed by atoms with Crippen LogP contribution in [0.15, 0.2) is 18.2 Å². The van der Waals surface area contributed by atoms with E-state index in [1.165, 1.54) is 0 Å². The van der Waals surface area contributed by atoms with Crippen molar-refractivity contribution < 1.29 is 4.79 Å². The van der Waals surface area contributed by atoms with Gasteiger partial charge in [0.05, 0.1) is 5.69 Å². The number of hydrogen-bond acceptors (Lipinski definition) is 1. The van der Waals surface area contributed by atoms with Crippen LogP contribution < -0.4 is 5.73 Å². The Bertz CT molecular complexity index is 323. The Morgan fingerprint density at radius 2 is 1.92 bits per heavy atom. The molecule has 0 spiro atoms. The molecule has 0 N–H and O–H groups in total. The molecular weight excluding hydrogens is 162 g/mol. The van der Waals surface area contributed by atoms with Crippen LogP contribution >= 0.6 is 0 Å². The molecule has 0 saturated heterocycles. The van der Waals surface area contributed by atoms with Gasteiger partial charge in [0.1, 0.15) is 0 Å². The minimum atomic E-state index is -0.136. The molecule has 0 aliphatic carbocycles. The van der Waals surface area contributed by atoms with Gasteiger partial charge in [-0.1, -0.05) is 32.9 Å². The Balaban J connectivity index is 3.32. The van der Waals surface area contributed by atoms with Crippen LogP contribution in [0.25, 0.3) is 0 Å². The predicted octanol–water partition coefficient (Wildman–Crippen LogP) is 2.50. The third-order valence-corrected chi connectivity index (χ3v) is 2.00. The van der Waals surface area contributed by atoms with Gasteiger partial charge in [0.15, 0.2) is 6.29 Å². The van der Waals surface area contributed by atoms with Gasteiger partial charge in [0.25, 0.3) is 0 Å². The highest BCUT2D eigenvalue weighted by Crippen LogP contribution is 2.29. The van der Waals surface area contributed by atoms with Gasteiger partial charge in [0.2, 0.25) is 0 Å². The van der Waals surface area contributed by atoms with Crippen molar-refractivity contribution in [3.8, 4) is 0 Å². The maximum Gasteiger partial charge on any atom is 0.152 e. The normalized spacial score (nSPS) is 11.3. The zero-order valence-electron chi connectivity index (χ0n) is 8.16. The molecule has 68 valence electrons. The summed E-state index contributed by atoms with van der Waals surface area (Å²) in [6.45, 7) is 5.99. The summed E-state index contributed by atoms with van der Waals surface area (Å²) in [5.41, 5.74) is 10.8. The molecule has 1 aromatic rings. The van der Waals surface area contributed by atoms with E-state index in [9.17, 15) is 10.5 Å². The first kappa shape index (κ1) is 9.78. The molecule has 0 aromatic heterocycles. The van der Waals surface area contributed by atoms with E-state index in [0.29, 0.717) is 11.8 Å². The molecule has 1 aromatic carbocycles. The van der Waals surface area contributed by atoms with Crippen molar-refractivity contribution in [2.75, 3.05) is 0 Å². The van der Waals surface area contributed by atoms with Crippen LogP contribution in [0.4, 0.5) is 5.69 Å². The van der Waals surface area contributed by atoms with Gasteiger partial charge in [-0.3, -0.25) is 4.79 Å². The molecule has 2 nitrogen and oxygen atoms in total. The minimum Gasteiger partial charge on any atom is -0.298 e. The fraction of sp³-hybridized carbons (Fsp3) is 0.364. The molecule has 0 aliphatic heterocycles. The summed E-state index contributed by atoms with van der Waals surface area (Å²) in [6.07, 6.45) is 0.671. The van der Waals surface area contributed by atoms with E-state index in [-0.39, 0.29) is 11.1 Å². The molecule has 0 saturated carbocycles. The van der Waals surface area contributed by atoms with Crippen molar-refractivity contribution >= 4 is 12.0 Å². The lowest BCUT2D eigenvalue weighted by Gasteiger charge is -2.20. The van der Waals surface area contributed by atoms with E-state index < -0.39 is 0 Å². The average Bonchev–Trinajstić information content (AvgIpc) is 2.02. The predicted molar refractivity (Wildman–Crippen MR) is 52.3 cm³/mol. The van der Waals surface area contributed by atoms with Gasteiger partial charge < -0.3 is 0 Å². The number of benzene rings is 1. The molecule has 2 radical (unpaired) electrons. The average molecular weight is 175 g/mol. The summed E-state index contributed by atoms with van der Waals surface area (Å²) in [4.78, 5) is 10.5. The van der Waals surface area contributed by atoms with Crippen LogP contribution in [-0.2, 0) is 5.41 Å². The van der Waals surface area contributed by atoms with Crippen LogP contribution in [0.1, 0.15) is 36.7 Å². The smallest absolute Gasteiger partial charge is 0.152 e. The monoisotopic (exact) mass is 175 g/mol. The maximum atomic E-state index is 10.5. The van der Waals surface area contributed by atoms with E-state index in [1.807, 2.05) is 26.8 Å². The summed E-state index contributed by atoms with van der Waals surface area (Å²) >= 11 is 0. The number of carbonyl (C=O) groups is 1. The zero-order valence-corrected chi connectivity index (χ0v) is 8.16. The summed E-state index contributed by atoms with van der Waals surface area (Å²) in [6, 6.07) is 5.23. The van der Waals surface area contributed by atoms with Crippen molar-refractivity contribution in [2.45, 2.75) is 26.2 Å². The van der Waals surface area contributed by atoms with Crippen LogP contribution in [-0.4, -0.2) is 6.29 Å². The number of carbonyl (C=O) groups excluding carboxylic acids is 1. The molecule has 0 amide bonds. The molecule has 13 heavy (non-hydrogen) atoms. The highest BCUT2D eigenvalue weighted by Gasteiger charge is 2.18. The Labute approximate surface area is 78.8 Å². The number of aldehydes is 1. The lowest BCUT2D eigenvalue weighted by molar-refractivity contribution is 0.112. The molecular formula is C11H13NO. The number of rotatable bonds is 1. The highest BCUT2D eigenvalue weighted by molar-refractivity contribution is 5.83. The second-order valence-electron chi connectivity index (χ2n) is 4.11. The molecule has 0 bridgehead atoms. The summed E-state index contributed by atoms with van der Waals surface area (Å²) in [5.74, 6) is 0. The number of nitrogens with zero attached hydrogens (tertiary/aromatic N) is 1. The standard InChI is InChI=1S/C11H13NO/c1-11(2,3)9-6-4-5-8(7-13)10(9)12/h4-7H,1-3H3. The van der Waals surface area contributed by atoms with Gasteiger partial charge in [-0.25, -0.2) is 0 Å². The topological polar surface area (TPSA) is 39.4 Å². The Kier molecular flexibility index (Phi) is 2.41. The SMILES string of the molecule is CC(C)(C)c1cccc(C=O)c1[N]. The van der Waals surface area contributed by atoms with E-state index in [4.69, 9.17) is 0 Å². The second kappa shape index (κ2) is 3.21. The first-order valence-corrected chi connectivity index (χ1v) is 4.24. The molecule has 2 heteroatoms. The molecule has 0 aliphatic rings. The van der Waals surface area contributed by atoms with Crippen molar-refractivity contribution in [3.63, 3.8) is 0 Å². The van der Waals surface area contributed by atoms with Gasteiger partial charge in [0, 0.05) is 5.56 Å². The lowest BCUT2D eigenvalue weighted by atomic mass is 9.85. The number of hydrogen-bond donors (Lipinski definition) is 0. The van der Waals surface area contributed by atoms with Crippen molar-refractivity contribution in [3.05, 3.63) is 29.3 Å². The Hall–Kier alpha value is -1.31. The molecule has 0 unspecified atom stereocenters. The highest BCUT2D eigenvalue weighted by atomic mass is 16.1. The van der Waals surface area contributed by atoms with Crippen molar-refractivity contribution in [1.29, 1.82) is 0 Å².